The smallest absolute Gasteiger partial charge is 0.315 e. The van der Waals surface area contributed by atoms with Crippen LogP contribution in [0.3, 0.4) is 0 Å². The van der Waals surface area contributed by atoms with E-state index in [9.17, 15) is 14.4 Å². The lowest BCUT2D eigenvalue weighted by Gasteiger charge is -2.17. The maximum absolute atomic E-state index is 12.4. The van der Waals surface area contributed by atoms with Crippen LogP contribution in [0.1, 0.15) is 25.3 Å². The minimum absolute atomic E-state index is 0.00987. The molecule has 0 unspecified atom stereocenters. The third-order valence-corrected chi connectivity index (χ3v) is 3.56. The molecule has 11 nitrogen and oxygen atoms in total. The predicted octanol–water partition coefficient (Wildman–Crippen LogP) is -0.0507. The van der Waals surface area contributed by atoms with Gasteiger partial charge in [-0.2, -0.15) is 5.10 Å². The summed E-state index contributed by atoms with van der Waals surface area (Å²) in [5.74, 6) is 3.05. The summed E-state index contributed by atoms with van der Waals surface area (Å²) in [5, 5.41) is 24.3. The number of carboxylic acid groups (broad SMARTS) is 2. The van der Waals surface area contributed by atoms with Crippen molar-refractivity contribution in [1.29, 1.82) is 0 Å². The van der Waals surface area contributed by atoms with E-state index in [1.807, 2.05) is 0 Å². The SMILES string of the molecule is CC(=O)O.NN=Cc1ccc(N2CC[C@H](NC(=O)NCCC(=O)O)C2=O)cc1. The molecule has 0 aromatic heterocycles. The van der Waals surface area contributed by atoms with Crippen molar-refractivity contribution < 1.29 is 29.4 Å². The Bertz CT molecular complexity index is 730. The average Bonchev–Trinajstić information content (AvgIpc) is 2.96. The second kappa shape index (κ2) is 11.2. The van der Waals surface area contributed by atoms with Gasteiger partial charge in [-0.05, 0) is 24.1 Å². The number of nitrogens with two attached hydrogens (primary N) is 1. The van der Waals surface area contributed by atoms with Gasteiger partial charge in [0.05, 0.1) is 12.6 Å². The molecule has 0 saturated carbocycles. The molecule has 3 amide bonds. The van der Waals surface area contributed by atoms with Crippen molar-refractivity contribution in [2.45, 2.75) is 25.8 Å². The van der Waals surface area contributed by atoms with Crippen LogP contribution in [0.5, 0.6) is 0 Å². The Balaban J connectivity index is 0.000000892. The van der Waals surface area contributed by atoms with Crippen molar-refractivity contribution in [1.82, 2.24) is 10.6 Å². The summed E-state index contributed by atoms with van der Waals surface area (Å²) in [7, 11) is 0. The zero-order chi connectivity index (χ0) is 21.1. The normalized spacial score (nSPS) is 15.7. The van der Waals surface area contributed by atoms with Gasteiger partial charge in [0, 0.05) is 25.7 Å². The van der Waals surface area contributed by atoms with Crippen molar-refractivity contribution >= 4 is 35.8 Å². The predicted molar refractivity (Wildman–Crippen MR) is 101 cm³/mol. The number of rotatable bonds is 6. The van der Waals surface area contributed by atoms with Crippen LogP contribution in [0.25, 0.3) is 0 Å². The summed E-state index contributed by atoms with van der Waals surface area (Å²) >= 11 is 0. The first-order valence-electron chi connectivity index (χ1n) is 8.35. The summed E-state index contributed by atoms with van der Waals surface area (Å²) in [4.78, 5) is 45.0. The lowest BCUT2D eigenvalue weighted by Crippen LogP contribution is -2.46. The highest BCUT2D eigenvalue weighted by atomic mass is 16.4. The zero-order valence-corrected chi connectivity index (χ0v) is 15.3. The number of urea groups is 1. The summed E-state index contributed by atoms with van der Waals surface area (Å²) in [6, 6.07) is 5.97. The highest BCUT2D eigenvalue weighted by molar-refractivity contribution is 6.01. The number of hydrogen-bond donors (Lipinski definition) is 5. The minimum atomic E-state index is -0.999. The largest absolute Gasteiger partial charge is 0.481 e. The van der Waals surface area contributed by atoms with Gasteiger partial charge < -0.3 is 31.6 Å². The summed E-state index contributed by atoms with van der Waals surface area (Å²) in [6.45, 7) is 1.58. The van der Waals surface area contributed by atoms with E-state index in [2.05, 4.69) is 15.7 Å². The molecule has 1 aromatic carbocycles. The fourth-order valence-corrected chi connectivity index (χ4v) is 2.39. The molecule has 0 bridgehead atoms. The van der Waals surface area contributed by atoms with Gasteiger partial charge in [0.2, 0.25) is 5.91 Å². The van der Waals surface area contributed by atoms with Gasteiger partial charge in [0.25, 0.3) is 5.97 Å². The van der Waals surface area contributed by atoms with Crippen molar-refractivity contribution in [3.05, 3.63) is 29.8 Å². The van der Waals surface area contributed by atoms with Gasteiger partial charge in [-0.3, -0.25) is 14.4 Å². The number of amides is 3. The Morgan fingerprint density at radius 3 is 2.43 bits per heavy atom. The number of benzene rings is 1. The number of hydrogen-bond acceptors (Lipinski definition) is 6. The van der Waals surface area contributed by atoms with Crippen LogP contribution in [0.15, 0.2) is 29.4 Å². The van der Waals surface area contributed by atoms with Crippen LogP contribution in [0.2, 0.25) is 0 Å². The molecule has 1 atom stereocenters. The van der Waals surface area contributed by atoms with E-state index in [0.717, 1.165) is 18.2 Å². The Morgan fingerprint density at radius 1 is 1.29 bits per heavy atom. The zero-order valence-electron chi connectivity index (χ0n) is 15.3. The van der Waals surface area contributed by atoms with Crippen LogP contribution in [-0.4, -0.2) is 59.4 Å². The molecule has 1 aliphatic rings. The molecule has 28 heavy (non-hydrogen) atoms. The molecule has 152 valence electrons. The Labute approximate surface area is 161 Å². The lowest BCUT2D eigenvalue weighted by molar-refractivity contribution is -0.137. The van der Waals surface area contributed by atoms with Crippen molar-refractivity contribution in [3.8, 4) is 0 Å². The molecular weight excluding hydrogens is 370 g/mol. The van der Waals surface area contributed by atoms with Gasteiger partial charge in [-0.1, -0.05) is 12.1 Å². The van der Waals surface area contributed by atoms with E-state index in [-0.39, 0.29) is 18.9 Å². The molecule has 0 radical (unpaired) electrons. The number of carbonyl (C=O) groups is 4. The maximum atomic E-state index is 12.4. The first-order chi connectivity index (χ1) is 13.2. The molecule has 1 heterocycles. The third-order valence-electron chi connectivity index (χ3n) is 3.56. The van der Waals surface area contributed by atoms with Crippen LogP contribution < -0.4 is 21.4 Å². The molecule has 1 saturated heterocycles. The fourth-order valence-electron chi connectivity index (χ4n) is 2.39. The third kappa shape index (κ3) is 7.72. The van der Waals surface area contributed by atoms with E-state index < -0.39 is 24.0 Å². The summed E-state index contributed by atoms with van der Waals surface area (Å²) in [5.41, 5.74) is 1.55. The highest BCUT2D eigenvalue weighted by Gasteiger charge is 2.33. The van der Waals surface area contributed by atoms with Gasteiger partial charge in [-0.25, -0.2) is 4.79 Å². The van der Waals surface area contributed by atoms with E-state index in [0.29, 0.717) is 13.0 Å². The minimum Gasteiger partial charge on any atom is -0.481 e. The molecule has 0 aliphatic carbocycles. The number of nitrogens with one attached hydrogen (secondary N) is 2. The Morgan fingerprint density at radius 2 is 1.89 bits per heavy atom. The number of carboxylic acids is 2. The highest BCUT2D eigenvalue weighted by Crippen LogP contribution is 2.21. The monoisotopic (exact) mass is 393 g/mol. The molecule has 11 heteroatoms. The molecule has 6 N–H and O–H groups in total. The van der Waals surface area contributed by atoms with Crippen LogP contribution in [-0.2, 0) is 14.4 Å². The van der Waals surface area contributed by atoms with Crippen LogP contribution >= 0.6 is 0 Å². The number of aliphatic carboxylic acids is 2. The molecule has 0 spiro atoms. The number of carbonyl (C=O) groups excluding carboxylic acids is 2. The van der Waals surface area contributed by atoms with Crippen molar-refractivity contribution in [3.63, 3.8) is 0 Å². The van der Waals surface area contributed by atoms with Crippen LogP contribution in [0, 0.1) is 0 Å². The second-order valence-corrected chi connectivity index (χ2v) is 5.76. The van der Waals surface area contributed by atoms with E-state index in [1.165, 1.54) is 6.21 Å². The second-order valence-electron chi connectivity index (χ2n) is 5.76. The van der Waals surface area contributed by atoms with Gasteiger partial charge in [0.15, 0.2) is 0 Å². The van der Waals surface area contributed by atoms with Gasteiger partial charge >= 0.3 is 12.0 Å². The number of hydrazone groups is 1. The maximum Gasteiger partial charge on any atom is 0.315 e. The van der Waals surface area contributed by atoms with E-state index in [4.69, 9.17) is 20.9 Å². The van der Waals surface area contributed by atoms with Crippen molar-refractivity contribution in [2.24, 2.45) is 10.9 Å². The van der Waals surface area contributed by atoms with Crippen LogP contribution in [0.4, 0.5) is 10.5 Å². The topological polar surface area (TPSA) is 174 Å². The molecule has 1 aliphatic heterocycles. The Kier molecular flexibility index (Phi) is 8.93. The first kappa shape index (κ1) is 22.4. The quantitative estimate of drug-likeness (QED) is 0.256. The lowest BCUT2D eigenvalue weighted by atomic mass is 10.2. The van der Waals surface area contributed by atoms with Gasteiger partial charge in [0.1, 0.15) is 6.04 Å². The number of nitrogens with zero attached hydrogens (tertiary/aromatic N) is 2. The van der Waals surface area contributed by atoms with Gasteiger partial charge in [-0.15, -0.1) is 0 Å². The standard InChI is InChI=1S/C15H19N5O4.C2H4O2/c16-18-9-10-1-3-11(4-2-10)20-8-6-12(14(20)23)19-15(24)17-7-5-13(21)22;1-2(3)4/h1-4,9,12H,5-8,16H2,(H,21,22)(H2,17,19,24);1H3,(H,3,4)/t12-;/m0./s1. The Hall–Kier alpha value is -3.63. The fraction of sp³-hybridized carbons (Fsp3) is 0.353. The first-order valence-corrected chi connectivity index (χ1v) is 8.35. The van der Waals surface area contributed by atoms with E-state index >= 15 is 0 Å². The molecule has 1 fully saturated rings. The molecule has 2 rings (SSSR count). The van der Waals surface area contributed by atoms with Crippen molar-refractivity contribution in [2.75, 3.05) is 18.0 Å². The molecular formula is C17H23N5O6. The summed E-state index contributed by atoms with van der Waals surface area (Å²) < 4.78 is 0. The van der Waals surface area contributed by atoms with E-state index in [1.54, 1.807) is 29.2 Å². The average molecular weight is 393 g/mol. The summed E-state index contributed by atoms with van der Waals surface area (Å²) in [6.07, 6.45) is 1.81. The number of anilines is 1. The molecule has 1 aromatic rings.